The maximum absolute atomic E-state index is 12.7. The molecule has 1 fully saturated rings. The van der Waals surface area contributed by atoms with Gasteiger partial charge in [-0.1, -0.05) is 12.1 Å². The summed E-state index contributed by atoms with van der Waals surface area (Å²) in [5.74, 6) is 1.79. The van der Waals surface area contributed by atoms with Crippen LogP contribution in [-0.2, 0) is 12.7 Å². The van der Waals surface area contributed by atoms with Gasteiger partial charge in [0.1, 0.15) is 17.2 Å². The lowest BCUT2D eigenvalue weighted by Gasteiger charge is -2.14. The smallest absolute Gasteiger partial charge is 0.416 e. The molecule has 1 aliphatic heterocycles. The van der Waals surface area contributed by atoms with Crippen molar-refractivity contribution >= 4 is 5.69 Å². The van der Waals surface area contributed by atoms with E-state index in [9.17, 15) is 13.2 Å². The Morgan fingerprint density at radius 3 is 1.97 bits per heavy atom. The van der Waals surface area contributed by atoms with Gasteiger partial charge in [0.15, 0.2) is 0 Å². The number of rotatable bonds is 10. The Bertz CT molecular complexity index is 1010. The summed E-state index contributed by atoms with van der Waals surface area (Å²) in [7, 11) is 0. The predicted molar refractivity (Wildman–Crippen MR) is 128 cm³/mol. The molecule has 0 radical (unpaired) electrons. The molecule has 7 heteroatoms. The van der Waals surface area contributed by atoms with E-state index in [0.717, 1.165) is 48.7 Å². The second kappa shape index (κ2) is 11.3. The summed E-state index contributed by atoms with van der Waals surface area (Å²) in [5, 5.41) is 3.35. The molecule has 1 aliphatic rings. The first kappa shape index (κ1) is 24.0. The van der Waals surface area contributed by atoms with Crippen LogP contribution in [0.15, 0.2) is 72.8 Å². The van der Waals surface area contributed by atoms with E-state index in [0.29, 0.717) is 18.0 Å². The van der Waals surface area contributed by atoms with E-state index in [2.05, 4.69) is 10.2 Å². The lowest BCUT2D eigenvalue weighted by atomic mass is 10.2. The Labute approximate surface area is 198 Å². The van der Waals surface area contributed by atoms with Crippen molar-refractivity contribution in [3.8, 4) is 17.2 Å². The maximum Gasteiger partial charge on any atom is 0.416 e. The van der Waals surface area contributed by atoms with E-state index in [1.165, 1.54) is 38.1 Å². The zero-order valence-corrected chi connectivity index (χ0v) is 19.0. The molecule has 1 saturated heterocycles. The van der Waals surface area contributed by atoms with E-state index < -0.39 is 11.7 Å². The fraction of sp³-hybridized carbons (Fsp3) is 0.333. The van der Waals surface area contributed by atoms with Gasteiger partial charge in [0.05, 0.1) is 12.2 Å². The summed E-state index contributed by atoms with van der Waals surface area (Å²) in [4.78, 5) is 2.49. The number of hydrogen-bond donors (Lipinski definition) is 1. The Kier molecular flexibility index (Phi) is 7.95. The molecule has 34 heavy (non-hydrogen) atoms. The average Bonchev–Trinajstić information content (AvgIpc) is 3.36. The standard InChI is InChI=1S/C27H29F3N2O2/c28-27(29,30)22-6-12-25(13-7-22)34-26-14-8-23(9-15-26)31-20-21-4-10-24(11-5-21)33-19-3-18-32-16-1-2-17-32/h4-15,31H,1-3,16-20H2. The topological polar surface area (TPSA) is 33.7 Å². The molecule has 4 nitrogen and oxygen atoms in total. The predicted octanol–water partition coefficient (Wildman–Crippen LogP) is 6.97. The lowest BCUT2D eigenvalue weighted by Crippen LogP contribution is -2.21. The van der Waals surface area contributed by atoms with Crippen LogP contribution in [0.4, 0.5) is 18.9 Å². The molecule has 180 valence electrons. The quantitative estimate of drug-likeness (QED) is 0.324. The van der Waals surface area contributed by atoms with E-state index in [4.69, 9.17) is 9.47 Å². The van der Waals surface area contributed by atoms with Crippen molar-refractivity contribution in [2.75, 3.05) is 31.6 Å². The van der Waals surface area contributed by atoms with E-state index >= 15 is 0 Å². The molecule has 1 heterocycles. The second-order valence-electron chi connectivity index (χ2n) is 8.40. The molecule has 0 unspecified atom stereocenters. The number of nitrogens with one attached hydrogen (secondary N) is 1. The summed E-state index contributed by atoms with van der Waals surface area (Å²) < 4.78 is 49.5. The van der Waals surface area contributed by atoms with E-state index in [1.54, 1.807) is 12.1 Å². The number of benzene rings is 3. The fourth-order valence-electron chi connectivity index (χ4n) is 3.88. The number of alkyl halides is 3. The molecule has 3 aromatic carbocycles. The van der Waals surface area contributed by atoms with Crippen molar-refractivity contribution in [3.05, 3.63) is 83.9 Å². The van der Waals surface area contributed by atoms with Crippen molar-refractivity contribution in [1.82, 2.24) is 4.90 Å². The summed E-state index contributed by atoms with van der Waals surface area (Å²) in [6.45, 7) is 4.94. The highest BCUT2D eigenvalue weighted by molar-refractivity contribution is 5.48. The minimum atomic E-state index is -4.35. The van der Waals surface area contributed by atoms with Gasteiger partial charge in [-0.05, 0) is 98.6 Å². The SMILES string of the molecule is FC(F)(F)c1ccc(Oc2ccc(NCc3ccc(OCCCN4CCCC4)cc3)cc2)cc1. The largest absolute Gasteiger partial charge is 0.494 e. The van der Waals surface area contributed by atoms with Gasteiger partial charge in [0, 0.05) is 18.8 Å². The van der Waals surface area contributed by atoms with Crippen LogP contribution in [0.2, 0.25) is 0 Å². The van der Waals surface area contributed by atoms with Gasteiger partial charge in [-0.2, -0.15) is 13.2 Å². The minimum Gasteiger partial charge on any atom is -0.494 e. The molecule has 1 N–H and O–H groups in total. The Hall–Kier alpha value is -3.19. The molecule has 0 saturated carbocycles. The zero-order chi connectivity index (χ0) is 23.8. The molecule has 3 aromatic rings. The highest BCUT2D eigenvalue weighted by Crippen LogP contribution is 2.31. The molecular weight excluding hydrogens is 441 g/mol. The van der Waals surface area contributed by atoms with Crippen molar-refractivity contribution in [1.29, 1.82) is 0 Å². The Balaban J connectivity index is 1.19. The Morgan fingerprint density at radius 2 is 1.35 bits per heavy atom. The second-order valence-corrected chi connectivity index (χ2v) is 8.40. The van der Waals surface area contributed by atoms with E-state index in [-0.39, 0.29) is 0 Å². The molecule has 4 rings (SSSR count). The maximum atomic E-state index is 12.7. The zero-order valence-electron chi connectivity index (χ0n) is 19.0. The monoisotopic (exact) mass is 470 g/mol. The van der Waals surface area contributed by atoms with Crippen LogP contribution in [-0.4, -0.2) is 31.1 Å². The van der Waals surface area contributed by atoms with Gasteiger partial charge in [-0.25, -0.2) is 0 Å². The summed E-state index contributed by atoms with van der Waals surface area (Å²) >= 11 is 0. The first-order chi connectivity index (χ1) is 16.5. The molecule has 0 amide bonds. The third-order valence-corrected chi connectivity index (χ3v) is 5.78. The van der Waals surface area contributed by atoms with Gasteiger partial charge >= 0.3 is 6.18 Å². The van der Waals surface area contributed by atoms with Crippen LogP contribution >= 0.6 is 0 Å². The summed E-state index contributed by atoms with van der Waals surface area (Å²) in [5.41, 5.74) is 1.35. The van der Waals surface area contributed by atoms with Gasteiger partial charge in [-0.3, -0.25) is 0 Å². The highest BCUT2D eigenvalue weighted by atomic mass is 19.4. The molecule has 0 spiro atoms. The number of ether oxygens (including phenoxy) is 2. The first-order valence-electron chi connectivity index (χ1n) is 11.6. The molecule has 0 bridgehead atoms. The van der Waals surface area contributed by atoms with Crippen LogP contribution < -0.4 is 14.8 Å². The third kappa shape index (κ3) is 7.15. The van der Waals surface area contributed by atoms with Crippen molar-refractivity contribution in [3.63, 3.8) is 0 Å². The molecule has 0 aromatic heterocycles. The number of likely N-dealkylation sites (tertiary alicyclic amines) is 1. The number of hydrogen-bond acceptors (Lipinski definition) is 4. The van der Waals surface area contributed by atoms with Crippen LogP contribution in [0.1, 0.15) is 30.4 Å². The first-order valence-corrected chi connectivity index (χ1v) is 11.6. The normalized spacial score (nSPS) is 14.2. The van der Waals surface area contributed by atoms with Crippen LogP contribution in [0.5, 0.6) is 17.2 Å². The fourth-order valence-corrected chi connectivity index (χ4v) is 3.88. The van der Waals surface area contributed by atoms with Crippen LogP contribution in [0, 0.1) is 0 Å². The molecule has 0 atom stereocenters. The number of nitrogens with zero attached hydrogens (tertiary/aromatic N) is 1. The summed E-state index contributed by atoms with van der Waals surface area (Å²) in [6.07, 6.45) is -0.678. The van der Waals surface area contributed by atoms with Gasteiger partial charge < -0.3 is 19.7 Å². The summed E-state index contributed by atoms with van der Waals surface area (Å²) in [6, 6.07) is 20.0. The Morgan fingerprint density at radius 1 is 0.765 bits per heavy atom. The van der Waals surface area contributed by atoms with Gasteiger partial charge in [-0.15, -0.1) is 0 Å². The van der Waals surface area contributed by atoms with Crippen molar-refractivity contribution in [2.24, 2.45) is 0 Å². The number of halogens is 3. The van der Waals surface area contributed by atoms with Gasteiger partial charge in [0.2, 0.25) is 0 Å². The lowest BCUT2D eigenvalue weighted by molar-refractivity contribution is -0.137. The van der Waals surface area contributed by atoms with Crippen molar-refractivity contribution in [2.45, 2.75) is 32.0 Å². The number of anilines is 1. The third-order valence-electron chi connectivity index (χ3n) is 5.78. The van der Waals surface area contributed by atoms with Crippen LogP contribution in [0.25, 0.3) is 0 Å². The molecule has 0 aliphatic carbocycles. The van der Waals surface area contributed by atoms with Crippen LogP contribution in [0.3, 0.4) is 0 Å². The van der Waals surface area contributed by atoms with Gasteiger partial charge in [0.25, 0.3) is 0 Å². The van der Waals surface area contributed by atoms with Crippen molar-refractivity contribution < 1.29 is 22.6 Å². The average molecular weight is 471 g/mol. The minimum absolute atomic E-state index is 0.354. The highest BCUT2D eigenvalue weighted by Gasteiger charge is 2.30. The van der Waals surface area contributed by atoms with E-state index in [1.807, 2.05) is 36.4 Å². The molecular formula is C27H29F3N2O2.